The summed E-state index contributed by atoms with van der Waals surface area (Å²) in [7, 11) is 1.59. The van der Waals surface area contributed by atoms with Crippen molar-refractivity contribution in [1.29, 1.82) is 0 Å². The molecule has 2 fully saturated rings. The molecule has 0 saturated heterocycles. The van der Waals surface area contributed by atoms with Gasteiger partial charge in [-0.3, -0.25) is 0 Å². The number of para-hydroxylation sites is 1. The standard InChI is InChI=1S/C30H44NSi.C9H12N.CH3.Sc/c1-22-21-25-26(30(7,8)20-19-29(25,5)6)27(22)32(31-28(2,3)4,23-15-11-9-12-16-23)24-17-13-10-14-18-24;1-8-6-4-5-7-9(8)10(2)3;;/h9-18,22,25-27H,19-21H2,1-8H3;4-7H,1H2,2-3H3;1H3;/q3*-1;+3. The van der Waals surface area contributed by atoms with Gasteiger partial charge in [0.1, 0.15) is 0 Å². The van der Waals surface area contributed by atoms with Crippen LogP contribution < -0.4 is 15.3 Å². The molecule has 4 heteroatoms. The van der Waals surface area contributed by atoms with Crippen molar-refractivity contribution in [2.45, 2.75) is 85.7 Å². The summed E-state index contributed by atoms with van der Waals surface area (Å²) >= 11 is 0. The first-order valence-corrected chi connectivity index (χ1v) is 18.1. The molecule has 44 heavy (non-hydrogen) atoms. The molecule has 4 atom stereocenters. The minimum absolute atomic E-state index is 0. The van der Waals surface area contributed by atoms with Crippen LogP contribution in [0, 0.1) is 42.9 Å². The monoisotopic (exact) mass is 640 g/mol. The van der Waals surface area contributed by atoms with E-state index in [2.05, 4.69) is 134 Å². The van der Waals surface area contributed by atoms with E-state index in [1.807, 2.05) is 32.3 Å². The Kier molecular flexibility index (Phi) is 13.0. The number of nitrogens with zero attached hydrogens (tertiary/aromatic N) is 2. The van der Waals surface area contributed by atoms with Crippen LogP contribution in [0.1, 0.15) is 80.2 Å². The van der Waals surface area contributed by atoms with Crippen molar-refractivity contribution >= 4 is 24.3 Å². The summed E-state index contributed by atoms with van der Waals surface area (Å²) in [4.78, 5) is 8.01. The fourth-order valence-corrected chi connectivity index (χ4v) is 14.6. The molecule has 2 aliphatic rings. The molecule has 0 radical (unpaired) electrons. The molecular formula is C40H59N2ScSi. The number of rotatable bonds is 5. The summed E-state index contributed by atoms with van der Waals surface area (Å²) in [6.07, 6.45) is 4.02. The second-order valence-corrected chi connectivity index (χ2v) is 19.2. The molecule has 236 valence electrons. The maximum atomic E-state index is 5.96. The molecule has 0 aliphatic heterocycles. The molecule has 3 aromatic carbocycles. The van der Waals surface area contributed by atoms with Crippen LogP contribution in [0.2, 0.25) is 5.54 Å². The molecule has 0 N–H and O–H groups in total. The summed E-state index contributed by atoms with van der Waals surface area (Å²) < 4.78 is 0. The van der Waals surface area contributed by atoms with Gasteiger partial charge in [-0.1, -0.05) is 144 Å². The van der Waals surface area contributed by atoms with E-state index in [1.165, 1.54) is 35.3 Å². The number of fused-ring (bicyclic) bond motifs is 1. The van der Waals surface area contributed by atoms with Crippen LogP contribution in [0.15, 0.2) is 84.9 Å². The molecule has 4 unspecified atom stereocenters. The zero-order valence-electron chi connectivity index (χ0n) is 29.7. The van der Waals surface area contributed by atoms with Gasteiger partial charge in [-0.2, -0.15) is 18.6 Å². The topological polar surface area (TPSA) is 17.3 Å². The van der Waals surface area contributed by atoms with Crippen molar-refractivity contribution < 1.29 is 25.8 Å². The average Bonchev–Trinajstić information content (AvgIpc) is 3.31. The third-order valence-corrected chi connectivity index (χ3v) is 15.6. The Morgan fingerprint density at radius 1 is 0.773 bits per heavy atom. The number of benzene rings is 3. The zero-order chi connectivity index (χ0) is 30.9. The van der Waals surface area contributed by atoms with Crippen LogP contribution in [0.3, 0.4) is 0 Å². The maximum Gasteiger partial charge on any atom is 3.00 e. The molecule has 0 aromatic heterocycles. The van der Waals surface area contributed by atoms with Crippen molar-refractivity contribution in [2.24, 2.45) is 28.6 Å². The Morgan fingerprint density at radius 2 is 1.23 bits per heavy atom. The van der Waals surface area contributed by atoms with Gasteiger partial charge in [-0.25, -0.2) is 0 Å². The van der Waals surface area contributed by atoms with Crippen LogP contribution in [0.25, 0.3) is 4.98 Å². The third kappa shape index (κ3) is 8.02. The molecule has 0 amide bonds. The third-order valence-electron chi connectivity index (χ3n) is 10.3. The van der Waals surface area contributed by atoms with Crippen LogP contribution in [-0.2, 0) is 25.8 Å². The van der Waals surface area contributed by atoms with E-state index in [-0.39, 0.29) is 38.8 Å². The number of hydrogen-bond donors (Lipinski definition) is 0. The van der Waals surface area contributed by atoms with E-state index < -0.39 is 8.24 Å². The predicted molar refractivity (Wildman–Crippen MR) is 194 cm³/mol. The molecule has 2 aliphatic carbocycles. The Hall–Kier alpha value is -1.62. The summed E-state index contributed by atoms with van der Waals surface area (Å²) in [5.74, 6) is 2.17. The van der Waals surface area contributed by atoms with Crippen LogP contribution in [0.5, 0.6) is 0 Å². The van der Waals surface area contributed by atoms with Crippen LogP contribution in [-0.4, -0.2) is 27.9 Å². The Morgan fingerprint density at radius 3 is 1.66 bits per heavy atom. The van der Waals surface area contributed by atoms with E-state index in [1.54, 1.807) is 0 Å². The van der Waals surface area contributed by atoms with Crippen molar-refractivity contribution in [2.75, 3.05) is 19.0 Å². The van der Waals surface area contributed by atoms with Gasteiger partial charge in [0.2, 0.25) is 0 Å². The summed E-state index contributed by atoms with van der Waals surface area (Å²) in [6, 6.07) is 31.0. The van der Waals surface area contributed by atoms with Crippen molar-refractivity contribution in [3.63, 3.8) is 0 Å². The molecule has 0 spiro atoms. The molecule has 0 heterocycles. The minimum atomic E-state index is -2.45. The van der Waals surface area contributed by atoms with E-state index >= 15 is 0 Å². The Balaban J connectivity index is 0.000000482. The predicted octanol–water partition coefficient (Wildman–Crippen LogP) is 9.79. The van der Waals surface area contributed by atoms with E-state index in [4.69, 9.17) is 4.98 Å². The Labute approximate surface area is 291 Å². The molecule has 0 bridgehead atoms. The van der Waals surface area contributed by atoms with Crippen molar-refractivity contribution in [3.05, 3.63) is 110 Å². The van der Waals surface area contributed by atoms with Gasteiger partial charge in [0.15, 0.2) is 0 Å². The summed E-state index contributed by atoms with van der Waals surface area (Å²) in [6.45, 7) is 23.6. The summed E-state index contributed by atoms with van der Waals surface area (Å²) in [5, 5.41) is 3.00. The molecule has 3 aromatic rings. The van der Waals surface area contributed by atoms with Crippen molar-refractivity contribution in [1.82, 2.24) is 0 Å². The first kappa shape index (κ1) is 38.6. The van der Waals surface area contributed by atoms with Gasteiger partial charge in [-0.05, 0) is 67.5 Å². The van der Waals surface area contributed by atoms with E-state index in [0.29, 0.717) is 28.2 Å². The van der Waals surface area contributed by atoms with E-state index in [0.717, 1.165) is 11.5 Å². The van der Waals surface area contributed by atoms with Gasteiger partial charge in [0.05, 0.1) is 0 Å². The smallest absolute Gasteiger partial charge is 0.652 e. The van der Waals surface area contributed by atoms with Crippen LogP contribution >= 0.6 is 0 Å². The molecule has 2 saturated carbocycles. The van der Waals surface area contributed by atoms with Crippen molar-refractivity contribution in [3.8, 4) is 0 Å². The second kappa shape index (κ2) is 14.9. The normalized spacial score (nSPS) is 23.6. The maximum absolute atomic E-state index is 5.96. The first-order chi connectivity index (χ1) is 19.6. The van der Waals surface area contributed by atoms with Gasteiger partial charge in [0, 0.05) is 8.24 Å². The van der Waals surface area contributed by atoms with Gasteiger partial charge >= 0.3 is 25.8 Å². The molecule has 2 nitrogen and oxygen atoms in total. The fourth-order valence-electron chi connectivity index (χ4n) is 8.42. The average molecular weight is 641 g/mol. The molecule has 5 rings (SSSR count). The van der Waals surface area contributed by atoms with E-state index in [9.17, 15) is 0 Å². The largest absolute Gasteiger partial charge is 3.00 e. The first-order valence-electron chi connectivity index (χ1n) is 16.0. The zero-order valence-corrected chi connectivity index (χ0v) is 32.5. The van der Waals surface area contributed by atoms with Crippen LogP contribution in [0.4, 0.5) is 5.69 Å². The van der Waals surface area contributed by atoms with Gasteiger partial charge in [0.25, 0.3) is 0 Å². The van der Waals surface area contributed by atoms with Gasteiger partial charge in [-0.15, -0.1) is 11.6 Å². The SMILES string of the molecule is CC1CC2C(C1[Si]([N-]C(C)(C)C)(c1ccccc1)c1ccccc1)C(C)(C)CCC2(C)C.[CH2-]c1ccccc1N(C)C.[CH3-].[Sc+3]. The number of anilines is 1. The molecular weight excluding hydrogens is 581 g/mol. The number of hydrogen-bond acceptors (Lipinski definition) is 1. The second-order valence-electron chi connectivity index (χ2n) is 15.7. The quantitative estimate of drug-likeness (QED) is 0.201. The van der Waals surface area contributed by atoms with Gasteiger partial charge < -0.3 is 17.3 Å². The summed E-state index contributed by atoms with van der Waals surface area (Å²) in [5.41, 5.74) is 3.56. The minimum Gasteiger partial charge on any atom is -0.652 e. The Bertz CT molecular complexity index is 1260. The fraction of sp³-hybridized carbons (Fsp3) is 0.500.